The van der Waals surface area contributed by atoms with E-state index in [0.717, 1.165) is 12.1 Å². The van der Waals surface area contributed by atoms with Gasteiger partial charge >= 0.3 is 0 Å². The van der Waals surface area contributed by atoms with Gasteiger partial charge in [0.1, 0.15) is 6.17 Å². The van der Waals surface area contributed by atoms with E-state index in [0.29, 0.717) is 0 Å². The lowest BCUT2D eigenvalue weighted by Gasteiger charge is -2.39. The van der Waals surface area contributed by atoms with Crippen LogP contribution in [0.15, 0.2) is 60.7 Å². The fraction of sp³-hybridized carbons (Fsp3) is 0.368. The van der Waals surface area contributed by atoms with Gasteiger partial charge in [0.05, 0.1) is 0 Å². The first-order chi connectivity index (χ1) is 10.4. The number of nitrogens with zero attached hydrogens (tertiary/aromatic N) is 2. The molecule has 0 N–H and O–H groups in total. The summed E-state index contributed by atoms with van der Waals surface area (Å²) in [6.45, 7) is 6.58. The van der Waals surface area contributed by atoms with E-state index < -0.39 is 5.54 Å². The molecule has 0 aliphatic rings. The normalized spacial score (nSPS) is 13.6. The second-order valence-corrected chi connectivity index (χ2v) is 6.68. The molecule has 0 aromatic heterocycles. The summed E-state index contributed by atoms with van der Waals surface area (Å²) in [6.07, 6.45) is -0.304. The Morgan fingerprint density at radius 2 is 1.41 bits per heavy atom. The molecule has 0 saturated carbocycles. The van der Waals surface area contributed by atoms with Gasteiger partial charge in [-0.15, -0.1) is 10.3 Å². The van der Waals surface area contributed by atoms with E-state index in [9.17, 15) is 5.21 Å². The second kappa shape index (κ2) is 7.05. The van der Waals surface area contributed by atoms with Crippen molar-refractivity contribution in [1.29, 1.82) is 0 Å². The molecular weight excluding hydrogens is 272 g/mol. The summed E-state index contributed by atoms with van der Waals surface area (Å²) in [4.78, 5) is 2.10. The molecule has 0 bridgehead atoms. The molecule has 3 nitrogen and oxygen atoms in total. The summed E-state index contributed by atoms with van der Waals surface area (Å²) in [5.74, 6) is 0. The van der Waals surface area contributed by atoms with Crippen molar-refractivity contribution in [1.82, 2.24) is 9.96 Å². The van der Waals surface area contributed by atoms with Crippen molar-refractivity contribution in [2.45, 2.75) is 39.0 Å². The Morgan fingerprint density at radius 3 is 1.91 bits per heavy atom. The molecular formula is C19H25N2O. The molecule has 117 valence electrons. The maximum Gasteiger partial charge on any atom is 0.116 e. The zero-order valence-electron chi connectivity index (χ0n) is 13.9. The second-order valence-electron chi connectivity index (χ2n) is 6.68. The minimum atomic E-state index is -0.453. The third-order valence-corrected chi connectivity index (χ3v) is 3.67. The molecule has 1 atom stereocenters. The van der Waals surface area contributed by atoms with Crippen molar-refractivity contribution in [3.63, 3.8) is 0 Å². The Labute approximate surface area is 133 Å². The minimum absolute atomic E-state index is 0.304. The molecule has 1 unspecified atom stereocenters. The fourth-order valence-corrected chi connectivity index (χ4v) is 2.52. The quantitative estimate of drug-likeness (QED) is 0.609. The van der Waals surface area contributed by atoms with Gasteiger partial charge in [0, 0.05) is 12.1 Å². The van der Waals surface area contributed by atoms with Gasteiger partial charge in [-0.25, -0.2) is 0 Å². The zero-order valence-corrected chi connectivity index (χ0v) is 13.9. The lowest BCUT2D eigenvalue weighted by atomic mass is 10.0. The molecule has 0 aliphatic carbocycles. The van der Waals surface area contributed by atoms with Gasteiger partial charge < -0.3 is 0 Å². The zero-order chi connectivity index (χ0) is 16.2. The molecule has 0 aliphatic heterocycles. The molecule has 0 saturated heterocycles. The van der Waals surface area contributed by atoms with E-state index >= 15 is 0 Å². The number of hydrogen-bond acceptors (Lipinski definition) is 2. The topological polar surface area (TPSA) is 26.4 Å². The molecule has 0 fully saturated rings. The monoisotopic (exact) mass is 297 g/mol. The Morgan fingerprint density at radius 1 is 0.909 bits per heavy atom. The maximum absolute atomic E-state index is 12.9. The SMILES string of the molecule is CN(Cc1ccccc1)C(c1ccccc1)N([O])C(C)(C)C. The van der Waals surface area contributed by atoms with Crippen LogP contribution < -0.4 is 0 Å². The number of hydroxylamine groups is 2. The van der Waals surface area contributed by atoms with Crippen LogP contribution >= 0.6 is 0 Å². The van der Waals surface area contributed by atoms with Gasteiger partial charge in [-0.05, 0) is 38.9 Å². The number of rotatable bonds is 5. The summed E-state index contributed by atoms with van der Waals surface area (Å²) in [7, 11) is 2.00. The Hall–Kier alpha value is -1.68. The number of benzene rings is 2. The van der Waals surface area contributed by atoms with Crippen molar-refractivity contribution in [2.75, 3.05) is 7.05 Å². The summed E-state index contributed by atoms with van der Waals surface area (Å²) >= 11 is 0. The van der Waals surface area contributed by atoms with Crippen molar-refractivity contribution in [2.24, 2.45) is 0 Å². The average Bonchev–Trinajstić information content (AvgIpc) is 2.48. The van der Waals surface area contributed by atoms with Crippen molar-refractivity contribution in [3.05, 3.63) is 71.8 Å². The third kappa shape index (κ3) is 4.17. The summed E-state index contributed by atoms with van der Waals surface area (Å²) in [6, 6.07) is 20.2. The van der Waals surface area contributed by atoms with Crippen LogP contribution in [0.25, 0.3) is 0 Å². The predicted octanol–water partition coefficient (Wildman–Crippen LogP) is 4.26. The first-order valence-electron chi connectivity index (χ1n) is 7.65. The van der Waals surface area contributed by atoms with Crippen LogP contribution in [0.4, 0.5) is 0 Å². The van der Waals surface area contributed by atoms with Crippen molar-refractivity contribution in [3.8, 4) is 0 Å². The highest BCUT2D eigenvalue weighted by Gasteiger charge is 2.33. The predicted molar refractivity (Wildman–Crippen MR) is 89.4 cm³/mol. The maximum atomic E-state index is 12.9. The van der Waals surface area contributed by atoms with Crippen LogP contribution in [0.2, 0.25) is 0 Å². The van der Waals surface area contributed by atoms with E-state index in [2.05, 4.69) is 17.0 Å². The van der Waals surface area contributed by atoms with Crippen molar-refractivity contribution < 1.29 is 5.21 Å². The van der Waals surface area contributed by atoms with Crippen LogP contribution in [-0.2, 0) is 11.8 Å². The molecule has 0 amide bonds. The number of hydrogen-bond donors (Lipinski definition) is 0. The van der Waals surface area contributed by atoms with Gasteiger partial charge in [0.2, 0.25) is 0 Å². The Kier molecular flexibility index (Phi) is 5.35. The van der Waals surface area contributed by atoms with Gasteiger partial charge in [-0.3, -0.25) is 4.90 Å². The van der Waals surface area contributed by atoms with Crippen molar-refractivity contribution >= 4 is 0 Å². The molecule has 2 aromatic carbocycles. The van der Waals surface area contributed by atoms with Gasteiger partial charge in [0.15, 0.2) is 0 Å². The molecule has 22 heavy (non-hydrogen) atoms. The summed E-state index contributed by atoms with van der Waals surface area (Å²) < 4.78 is 0. The first kappa shape index (κ1) is 16.7. The van der Waals surface area contributed by atoms with E-state index in [-0.39, 0.29) is 6.17 Å². The third-order valence-electron chi connectivity index (χ3n) is 3.67. The highest BCUT2D eigenvalue weighted by Crippen LogP contribution is 2.30. The van der Waals surface area contributed by atoms with Gasteiger partial charge in [-0.2, -0.15) is 0 Å². The highest BCUT2D eigenvalue weighted by molar-refractivity contribution is 5.20. The van der Waals surface area contributed by atoms with Crippen LogP contribution in [0.3, 0.4) is 0 Å². The van der Waals surface area contributed by atoms with Crippen LogP contribution in [0.1, 0.15) is 38.1 Å². The smallest absolute Gasteiger partial charge is 0.116 e. The molecule has 3 heteroatoms. The molecule has 1 radical (unpaired) electrons. The largest absolute Gasteiger partial charge is 0.281 e. The van der Waals surface area contributed by atoms with Crippen LogP contribution in [-0.4, -0.2) is 22.5 Å². The summed E-state index contributed by atoms with van der Waals surface area (Å²) in [5, 5.41) is 14.1. The van der Waals surface area contributed by atoms with E-state index in [1.54, 1.807) is 0 Å². The summed E-state index contributed by atoms with van der Waals surface area (Å²) in [5.41, 5.74) is 1.77. The Balaban J connectivity index is 2.28. The average molecular weight is 297 g/mol. The standard InChI is InChI=1S/C19H25N2O/c1-19(2,3)21(22)18(17-13-9-6-10-14-17)20(4)15-16-11-7-5-8-12-16/h5-14,18H,15H2,1-4H3. The lowest BCUT2D eigenvalue weighted by molar-refractivity contribution is -0.271. The van der Waals surface area contributed by atoms with E-state index in [1.165, 1.54) is 10.6 Å². The molecule has 0 heterocycles. The van der Waals surface area contributed by atoms with Gasteiger partial charge in [-0.1, -0.05) is 60.7 Å². The Bertz CT molecular complexity index is 563. The van der Waals surface area contributed by atoms with E-state index in [1.807, 2.05) is 76.3 Å². The molecule has 2 aromatic rings. The van der Waals surface area contributed by atoms with Gasteiger partial charge in [0.25, 0.3) is 0 Å². The van der Waals surface area contributed by atoms with Crippen LogP contribution in [0.5, 0.6) is 0 Å². The highest BCUT2D eigenvalue weighted by atomic mass is 16.5. The molecule has 0 spiro atoms. The fourth-order valence-electron chi connectivity index (χ4n) is 2.52. The molecule has 2 rings (SSSR count). The van der Waals surface area contributed by atoms with E-state index in [4.69, 9.17) is 0 Å². The lowest BCUT2D eigenvalue weighted by Crippen LogP contribution is -2.46. The van der Waals surface area contributed by atoms with Crippen LogP contribution in [0, 0.1) is 0 Å². The minimum Gasteiger partial charge on any atom is -0.281 e. The first-order valence-corrected chi connectivity index (χ1v) is 7.65.